The molecule has 144 valence electrons. The van der Waals surface area contributed by atoms with Gasteiger partial charge in [-0.3, -0.25) is 9.69 Å². The lowest BCUT2D eigenvalue weighted by molar-refractivity contribution is -0.117. The first-order chi connectivity index (χ1) is 13.7. The van der Waals surface area contributed by atoms with Crippen LogP contribution in [0.4, 0.5) is 11.5 Å². The van der Waals surface area contributed by atoms with E-state index in [9.17, 15) is 4.79 Å². The number of amides is 1. The van der Waals surface area contributed by atoms with E-state index in [0.717, 1.165) is 49.8 Å². The molecule has 0 bridgehead atoms. The number of hydrogen-bond acceptors (Lipinski definition) is 5. The molecule has 5 rings (SSSR count). The third kappa shape index (κ3) is 3.26. The summed E-state index contributed by atoms with van der Waals surface area (Å²) in [6.45, 7) is 5.48. The monoisotopic (exact) mass is 412 g/mol. The Morgan fingerprint density at radius 2 is 1.86 bits per heavy atom. The maximum atomic E-state index is 12.4. The quantitative estimate of drug-likeness (QED) is 0.655. The lowest BCUT2D eigenvalue weighted by Crippen LogP contribution is -2.49. The van der Waals surface area contributed by atoms with Crippen molar-refractivity contribution in [3.63, 3.8) is 0 Å². The van der Waals surface area contributed by atoms with Crippen molar-refractivity contribution >= 4 is 50.6 Å². The highest BCUT2D eigenvalue weighted by Crippen LogP contribution is 2.32. The van der Waals surface area contributed by atoms with Gasteiger partial charge in [0.2, 0.25) is 5.91 Å². The van der Waals surface area contributed by atoms with Crippen molar-refractivity contribution in [3.8, 4) is 0 Å². The van der Waals surface area contributed by atoms with Crippen molar-refractivity contribution in [2.24, 2.45) is 0 Å². The number of aromatic nitrogens is 1. The predicted molar refractivity (Wildman–Crippen MR) is 116 cm³/mol. The fraction of sp³-hybridized carbons (Fsp3) is 0.333. The molecular weight excluding hydrogens is 392 g/mol. The molecule has 1 amide bonds. The second kappa shape index (κ2) is 7.35. The SMILES string of the molecule is O=C1Cc2ccc(Cl)cc2N1CCN1CCN(c2nsc3ccccc23)CC1. The summed E-state index contributed by atoms with van der Waals surface area (Å²) >= 11 is 7.70. The molecule has 2 aliphatic rings. The highest BCUT2D eigenvalue weighted by atomic mass is 35.5. The fourth-order valence-electron chi connectivity index (χ4n) is 4.10. The number of carbonyl (C=O) groups excluding carboxylic acids is 1. The third-order valence-corrected chi connectivity index (χ3v) is 6.70. The summed E-state index contributed by atoms with van der Waals surface area (Å²) in [5, 5.41) is 1.93. The van der Waals surface area contributed by atoms with E-state index in [1.54, 1.807) is 11.5 Å². The number of piperazine rings is 1. The Labute approximate surface area is 173 Å². The van der Waals surface area contributed by atoms with Crippen LogP contribution in [0, 0.1) is 0 Å². The number of hydrogen-bond donors (Lipinski definition) is 0. The van der Waals surface area contributed by atoms with Crippen LogP contribution in [0.15, 0.2) is 42.5 Å². The zero-order valence-corrected chi connectivity index (χ0v) is 17.0. The molecule has 0 saturated carbocycles. The van der Waals surface area contributed by atoms with Crippen LogP contribution >= 0.6 is 23.1 Å². The van der Waals surface area contributed by atoms with Crippen LogP contribution in [0.25, 0.3) is 10.1 Å². The molecule has 3 aromatic rings. The minimum Gasteiger partial charge on any atom is -0.353 e. The van der Waals surface area contributed by atoms with Gasteiger partial charge in [0.15, 0.2) is 0 Å². The average Bonchev–Trinajstić information content (AvgIpc) is 3.27. The van der Waals surface area contributed by atoms with E-state index >= 15 is 0 Å². The van der Waals surface area contributed by atoms with Gasteiger partial charge in [-0.15, -0.1) is 0 Å². The lowest BCUT2D eigenvalue weighted by atomic mass is 10.2. The van der Waals surface area contributed by atoms with E-state index in [0.29, 0.717) is 18.0 Å². The Balaban J connectivity index is 1.21. The first kappa shape index (κ1) is 17.9. The Kier molecular flexibility index (Phi) is 4.70. The van der Waals surface area contributed by atoms with E-state index in [1.165, 1.54) is 10.1 Å². The molecule has 0 radical (unpaired) electrons. The zero-order chi connectivity index (χ0) is 19.1. The van der Waals surface area contributed by atoms with Gasteiger partial charge in [0, 0.05) is 55.4 Å². The molecule has 0 unspecified atom stereocenters. The van der Waals surface area contributed by atoms with Crippen molar-refractivity contribution in [1.82, 2.24) is 9.27 Å². The Morgan fingerprint density at radius 1 is 1.04 bits per heavy atom. The van der Waals surface area contributed by atoms with Crippen molar-refractivity contribution in [2.45, 2.75) is 6.42 Å². The molecule has 7 heteroatoms. The minimum absolute atomic E-state index is 0.171. The molecule has 1 saturated heterocycles. The Bertz CT molecular complexity index is 1030. The fourth-order valence-corrected chi connectivity index (χ4v) is 5.06. The van der Waals surface area contributed by atoms with Crippen LogP contribution in [0.1, 0.15) is 5.56 Å². The first-order valence-corrected chi connectivity index (χ1v) is 10.7. The summed E-state index contributed by atoms with van der Waals surface area (Å²) in [6.07, 6.45) is 0.483. The van der Waals surface area contributed by atoms with E-state index in [4.69, 9.17) is 11.6 Å². The molecule has 5 nitrogen and oxygen atoms in total. The van der Waals surface area contributed by atoms with E-state index in [-0.39, 0.29) is 5.91 Å². The Morgan fingerprint density at radius 3 is 2.71 bits per heavy atom. The van der Waals surface area contributed by atoms with Gasteiger partial charge in [-0.25, -0.2) is 0 Å². The van der Waals surface area contributed by atoms with Gasteiger partial charge in [0.25, 0.3) is 0 Å². The van der Waals surface area contributed by atoms with Gasteiger partial charge in [-0.2, -0.15) is 4.37 Å². The van der Waals surface area contributed by atoms with Crippen molar-refractivity contribution < 1.29 is 4.79 Å². The van der Waals surface area contributed by atoms with Crippen LogP contribution in [0.2, 0.25) is 5.02 Å². The number of carbonyl (C=O) groups is 1. The number of benzene rings is 2. The smallest absolute Gasteiger partial charge is 0.231 e. The van der Waals surface area contributed by atoms with E-state index in [1.807, 2.05) is 23.1 Å². The van der Waals surface area contributed by atoms with Gasteiger partial charge in [0.1, 0.15) is 5.82 Å². The third-order valence-electron chi connectivity index (χ3n) is 5.65. The van der Waals surface area contributed by atoms with Gasteiger partial charge in [0.05, 0.1) is 11.1 Å². The minimum atomic E-state index is 0.171. The number of halogens is 1. The molecule has 3 heterocycles. The van der Waals surface area contributed by atoms with Crippen LogP contribution in [-0.4, -0.2) is 54.4 Å². The molecule has 0 aliphatic carbocycles. The molecule has 0 N–H and O–H groups in total. The second-order valence-electron chi connectivity index (χ2n) is 7.33. The van der Waals surface area contributed by atoms with Crippen LogP contribution in [0.5, 0.6) is 0 Å². The lowest BCUT2D eigenvalue weighted by Gasteiger charge is -2.35. The van der Waals surface area contributed by atoms with E-state index < -0.39 is 0 Å². The van der Waals surface area contributed by atoms with Crippen molar-refractivity contribution in [1.29, 1.82) is 0 Å². The van der Waals surface area contributed by atoms with Gasteiger partial charge < -0.3 is 9.80 Å². The predicted octanol–water partition coefficient (Wildman–Crippen LogP) is 3.66. The standard InChI is InChI=1S/C21H21ClN4OS/c22-16-6-5-15-13-20(27)26(18(15)14-16)12-9-24-7-10-25(11-8-24)21-17-3-1-2-4-19(17)28-23-21/h1-6,14H,7-13H2. The average molecular weight is 413 g/mol. The molecule has 2 aliphatic heterocycles. The largest absolute Gasteiger partial charge is 0.353 e. The maximum absolute atomic E-state index is 12.4. The number of anilines is 2. The first-order valence-electron chi connectivity index (χ1n) is 9.59. The highest BCUT2D eigenvalue weighted by Gasteiger charge is 2.28. The number of nitrogens with zero attached hydrogens (tertiary/aromatic N) is 4. The van der Waals surface area contributed by atoms with Crippen molar-refractivity contribution in [2.75, 3.05) is 49.1 Å². The van der Waals surface area contributed by atoms with Gasteiger partial charge in [-0.05, 0) is 41.4 Å². The molecule has 0 spiro atoms. The van der Waals surface area contributed by atoms with Crippen LogP contribution < -0.4 is 9.80 Å². The molecule has 28 heavy (non-hydrogen) atoms. The summed E-state index contributed by atoms with van der Waals surface area (Å²) in [4.78, 5) is 19.1. The summed E-state index contributed by atoms with van der Waals surface area (Å²) in [7, 11) is 0. The van der Waals surface area contributed by atoms with E-state index in [2.05, 4.69) is 38.4 Å². The molecule has 0 atom stereocenters. The summed E-state index contributed by atoms with van der Waals surface area (Å²) in [5.74, 6) is 1.28. The zero-order valence-electron chi connectivity index (χ0n) is 15.5. The Hall–Kier alpha value is -2.15. The van der Waals surface area contributed by atoms with Gasteiger partial charge >= 0.3 is 0 Å². The molecule has 1 fully saturated rings. The summed E-state index contributed by atoms with van der Waals surface area (Å²) in [6, 6.07) is 14.2. The highest BCUT2D eigenvalue weighted by molar-refractivity contribution is 7.13. The molecule has 2 aromatic carbocycles. The normalized spacial score (nSPS) is 17.5. The van der Waals surface area contributed by atoms with Crippen LogP contribution in [0.3, 0.4) is 0 Å². The topological polar surface area (TPSA) is 39.7 Å². The number of rotatable bonds is 4. The molecular formula is C21H21ClN4OS. The maximum Gasteiger partial charge on any atom is 0.231 e. The summed E-state index contributed by atoms with van der Waals surface area (Å²) in [5.41, 5.74) is 2.06. The molecule has 1 aromatic heterocycles. The second-order valence-corrected chi connectivity index (χ2v) is 8.57. The summed E-state index contributed by atoms with van der Waals surface area (Å²) < 4.78 is 5.92. The van der Waals surface area contributed by atoms with Crippen LogP contribution in [-0.2, 0) is 11.2 Å². The van der Waals surface area contributed by atoms with Crippen molar-refractivity contribution in [3.05, 3.63) is 53.1 Å². The van der Waals surface area contributed by atoms with Gasteiger partial charge in [-0.1, -0.05) is 29.8 Å². The number of fused-ring (bicyclic) bond motifs is 2.